The lowest BCUT2D eigenvalue weighted by Gasteiger charge is -2.36. The maximum absolute atomic E-state index is 14.1. The number of benzene rings is 2. The third-order valence-electron chi connectivity index (χ3n) is 7.38. The zero-order chi connectivity index (χ0) is 27.7. The van der Waals surface area contributed by atoms with Crippen LogP contribution in [-0.2, 0) is 24.4 Å². The number of carbonyl (C=O) groups excluding carboxylic acids is 2. The molecule has 39 heavy (non-hydrogen) atoms. The van der Waals surface area contributed by atoms with Crippen molar-refractivity contribution in [3.63, 3.8) is 0 Å². The minimum absolute atomic E-state index is 0.0109. The Balaban J connectivity index is 1.50. The molecular formula is C29H29F2N3O5. The molecule has 2 aliphatic rings. The van der Waals surface area contributed by atoms with Crippen molar-refractivity contribution in [3.05, 3.63) is 99.0 Å². The predicted octanol–water partition coefficient (Wildman–Crippen LogP) is 3.86. The van der Waals surface area contributed by atoms with Crippen molar-refractivity contribution in [2.45, 2.75) is 52.2 Å². The first kappa shape index (κ1) is 26.6. The molecule has 2 aromatic carbocycles. The molecular weight excluding hydrogens is 508 g/mol. The molecule has 1 N–H and O–H groups in total. The Morgan fingerprint density at radius 3 is 2.67 bits per heavy atom. The normalized spacial score (nSPS) is 18.9. The molecule has 2 amide bonds. The van der Waals surface area contributed by atoms with Gasteiger partial charge < -0.3 is 24.3 Å². The van der Waals surface area contributed by atoms with E-state index in [1.54, 1.807) is 4.90 Å². The van der Waals surface area contributed by atoms with E-state index in [1.807, 2.05) is 37.3 Å². The molecule has 1 fully saturated rings. The number of ether oxygens (including phenoxy) is 2. The zero-order valence-electron chi connectivity index (χ0n) is 21.7. The monoisotopic (exact) mass is 537 g/mol. The lowest BCUT2D eigenvalue weighted by atomic mass is 9.98. The number of rotatable bonds is 8. The summed E-state index contributed by atoms with van der Waals surface area (Å²) in [4.78, 5) is 42.2. The van der Waals surface area contributed by atoms with Crippen molar-refractivity contribution >= 4 is 11.8 Å². The van der Waals surface area contributed by atoms with E-state index in [2.05, 4.69) is 12.2 Å². The number of fused-ring (bicyclic) bond motifs is 2. The molecule has 0 unspecified atom stereocenters. The second-order valence-corrected chi connectivity index (χ2v) is 9.85. The lowest BCUT2D eigenvalue weighted by molar-refractivity contribution is 0.00374. The SMILES string of the molecule is CC[C@H](C)[C@H]1CO[C@@H]2Cn3cc(C(=O)NCc4ccc(F)cc4F)c(=O)c(OCc4ccccc4)c3C(=O)N12. The molecule has 0 saturated carbocycles. The molecule has 1 aromatic heterocycles. The molecule has 0 spiro atoms. The van der Waals surface area contributed by atoms with Gasteiger partial charge in [-0.1, -0.05) is 56.7 Å². The summed E-state index contributed by atoms with van der Waals surface area (Å²) in [5.74, 6) is -2.76. The van der Waals surface area contributed by atoms with E-state index in [4.69, 9.17) is 9.47 Å². The minimum Gasteiger partial charge on any atom is -0.483 e. The van der Waals surface area contributed by atoms with Gasteiger partial charge in [0.25, 0.3) is 11.8 Å². The van der Waals surface area contributed by atoms with Crippen molar-refractivity contribution in [1.29, 1.82) is 0 Å². The summed E-state index contributed by atoms with van der Waals surface area (Å²) >= 11 is 0. The van der Waals surface area contributed by atoms with E-state index in [-0.39, 0.29) is 54.2 Å². The van der Waals surface area contributed by atoms with Crippen LogP contribution < -0.4 is 15.5 Å². The number of hydrogen-bond acceptors (Lipinski definition) is 5. The Labute approximate surface area is 224 Å². The topological polar surface area (TPSA) is 89.9 Å². The second-order valence-electron chi connectivity index (χ2n) is 9.85. The van der Waals surface area contributed by atoms with E-state index in [9.17, 15) is 23.2 Å². The van der Waals surface area contributed by atoms with Gasteiger partial charge in [0.1, 0.15) is 23.8 Å². The van der Waals surface area contributed by atoms with E-state index in [1.165, 1.54) is 16.8 Å². The third kappa shape index (κ3) is 5.16. The van der Waals surface area contributed by atoms with Crippen molar-refractivity contribution in [1.82, 2.24) is 14.8 Å². The van der Waals surface area contributed by atoms with Gasteiger partial charge in [-0.25, -0.2) is 8.78 Å². The summed E-state index contributed by atoms with van der Waals surface area (Å²) < 4.78 is 40.7. The number of nitrogens with one attached hydrogen (secondary N) is 1. The Kier molecular flexibility index (Phi) is 7.47. The molecule has 5 rings (SSSR count). The van der Waals surface area contributed by atoms with E-state index in [0.29, 0.717) is 6.61 Å². The number of pyridine rings is 1. The Hall–Kier alpha value is -4.05. The number of carbonyl (C=O) groups is 2. The van der Waals surface area contributed by atoms with Gasteiger partial charge in [0.15, 0.2) is 17.7 Å². The van der Waals surface area contributed by atoms with E-state index < -0.39 is 35.1 Å². The number of nitrogens with zero attached hydrogens (tertiary/aromatic N) is 2. The highest BCUT2D eigenvalue weighted by molar-refractivity contribution is 5.99. The largest absolute Gasteiger partial charge is 0.483 e. The van der Waals surface area contributed by atoms with Crippen LogP contribution >= 0.6 is 0 Å². The molecule has 3 aromatic rings. The summed E-state index contributed by atoms with van der Waals surface area (Å²) in [6.07, 6.45) is 1.62. The van der Waals surface area contributed by atoms with Gasteiger partial charge in [0.05, 0.1) is 19.2 Å². The lowest BCUT2D eigenvalue weighted by Crippen LogP contribution is -2.51. The van der Waals surface area contributed by atoms with Crippen molar-refractivity contribution < 1.29 is 27.8 Å². The van der Waals surface area contributed by atoms with E-state index in [0.717, 1.165) is 24.1 Å². The Bertz CT molecular complexity index is 1460. The molecule has 0 bridgehead atoms. The molecule has 0 radical (unpaired) electrons. The van der Waals surface area contributed by atoms with Gasteiger partial charge >= 0.3 is 0 Å². The average molecular weight is 538 g/mol. The first-order valence-corrected chi connectivity index (χ1v) is 12.9. The van der Waals surface area contributed by atoms with Crippen LogP contribution in [0.5, 0.6) is 5.75 Å². The summed E-state index contributed by atoms with van der Waals surface area (Å²) in [6, 6.07) is 12.0. The Morgan fingerprint density at radius 2 is 1.95 bits per heavy atom. The maximum Gasteiger partial charge on any atom is 0.276 e. The molecule has 10 heteroatoms. The molecule has 2 aliphatic heterocycles. The van der Waals surface area contributed by atoms with Crippen molar-refractivity contribution in [2.24, 2.45) is 5.92 Å². The fourth-order valence-electron chi connectivity index (χ4n) is 4.97. The van der Waals surface area contributed by atoms with Gasteiger partial charge in [0.2, 0.25) is 5.43 Å². The standard InChI is InChI=1S/C29H29F2N3O5/c1-3-17(2)23-16-38-24-14-33-13-21(28(36)32-12-19-9-10-20(30)11-22(19)31)26(35)27(25(33)29(37)34(23)24)39-15-18-7-5-4-6-8-18/h4-11,13,17,23-24H,3,12,14-16H2,1-2H3,(H,32,36)/t17-,23+,24+/m0/s1. The van der Waals surface area contributed by atoms with Gasteiger partial charge in [-0.15, -0.1) is 0 Å². The van der Waals surface area contributed by atoms with Gasteiger partial charge in [-0.3, -0.25) is 14.4 Å². The minimum atomic E-state index is -0.815. The van der Waals surface area contributed by atoms with Gasteiger partial charge in [-0.05, 0) is 17.5 Å². The summed E-state index contributed by atoms with van der Waals surface area (Å²) in [6.45, 7) is 4.43. The number of amides is 2. The maximum atomic E-state index is 14.1. The summed E-state index contributed by atoms with van der Waals surface area (Å²) in [5.41, 5.74) is -0.111. The molecule has 0 aliphatic carbocycles. The van der Waals surface area contributed by atoms with Crippen LogP contribution in [0.25, 0.3) is 0 Å². The van der Waals surface area contributed by atoms with Crippen LogP contribution in [0.3, 0.4) is 0 Å². The third-order valence-corrected chi connectivity index (χ3v) is 7.38. The van der Waals surface area contributed by atoms with Crippen molar-refractivity contribution in [2.75, 3.05) is 6.61 Å². The van der Waals surface area contributed by atoms with Crippen LogP contribution in [0.2, 0.25) is 0 Å². The number of aromatic nitrogens is 1. The molecule has 3 heterocycles. The van der Waals surface area contributed by atoms with Crippen LogP contribution in [0, 0.1) is 17.6 Å². The molecule has 204 valence electrons. The van der Waals surface area contributed by atoms with Crippen LogP contribution in [0.1, 0.15) is 52.2 Å². The first-order chi connectivity index (χ1) is 18.8. The molecule has 3 atom stereocenters. The van der Waals surface area contributed by atoms with E-state index >= 15 is 0 Å². The highest BCUT2D eigenvalue weighted by Gasteiger charge is 2.46. The summed E-state index contributed by atoms with van der Waals surface area (Å²) in [7, 11) is 0. The van der Waals surface area contributed by atoms with Crippen LogP contribution in [0.15, 0.2) is 59.5 Å². The smallest absolute Gasteiger partial charge is 0.276 e. The molecule has 1 saturated heterocycles. The first-order valence-electron chi connectivity index (χ1n) is 12.9. The zero-order valence-corrected chi connectivity index (χ0v) is 21.7. The highest BCUT2D eigenvalue weighted by atomic mass is 19.1. The number of halogens is 2. The quantitative estimate of drug-likeness (QED) is 0.472. The fraction of sp³-hybridized carbons (Fsp3) is 0.345. The highest BCUT2D eigenvalue weighted by Crippen LogP contribution is 2.33. The Morgan fingerprint density at radius 1 is 1.18 bits per heavy atom. The van der Waals surface area contributed by atoms with Gasteiger partial charge in [0, 0.05) is 24.4 Å². The van der Waals surface area contributed by atoms with Gasteiger partial charge in [-0.2, -0.15) is 0 Å². The predicted molar refractivity (Wildman–Crippen MR) is 138 cm³/mol. The average Bonchev–Trinajstić information content (AvgIpc) is 3.36. The molecule has 8 nitrogen and oxygen atoms in total. The van der Waals surface area contributed by atoms with Crippen LogP contribution in [-0.4, -0.2) is 40.2 Å². The number of hydrogen-bond donors (Lipinski definition) is 1. The fourth-order valence-corrected chi connectivity index (χ4v) is 4.97. The summed E-state index contributed by atoms with van der Waals surface area (Å²) in [5, 5.41) is 2.51. The van der Waals surface area contributed by atoms with Crippen LogP contribution in [0.4, 0.5) is 8.78 Å². The van der Waals surface area contributed by atoms with Crippen molar-refractivity contribution in [3.8, 4) is 5.75 Å². The second kappa shape index (κ2) is 11.0.